The third kappa shape index (κ3) is 5.21. The fraction of sp³-hybridized carbons (Fsp3) is 0.111. The Balaban J connectivity index is 1.91. The predicted molar refractivity (Wildman–Crippen MR) is 88.2 cm³/mol. The maximum Gasteiger partial charge on any atom is 0.248 e. The highest BCUT2D eigenvalue weighted by Crippen LogP contribution is 2.15. The highest BCUT2D eigenvalue weighted by molar-refractivity contribution is 6.01. The quantitative estimate of drug-likeness (QED) is 0.832. The van der Waals surface area contributed by atoms with Crippen LogP contribution in [0, 0.1) is 11.3 Å². The summed E-state index contributed by atoms with van der Waals surface area (Å²) in [4.78, 5) is 11.9. The summed E-state index contributed by atoms with van der Waals surface area (Å²) in [6.45, 7) is 0.0133. The lowest BCUT2D eigenvalue weighted by atomic mass is 10.2. The van der Waals surface area contributed by atoms with Crippen molar-refractivity contribution in [1.82, 2.24) is 0 Å². The van der Waals surface area contributed by atoms with E-state index < -0.39 is 0 Å². The maximum atomic E-state index is 11.9. The van der Waals surface area contributed by atoms with Gasteiger partial charge in [-0.3, -0.25) is 4.79 Å². The van der Waals surface area contributed by atoms with Gasteiger partial charge in [-0.25, -0.2) is 0 Å². The van der Waals surface area contributed by atoms with Crippen molar-refractivity contribution < 1.29 is 14.3 Å². The van der Waals surface area contributed by atoms with E-state index in [1.807, 2.05) is 18.2 Å². The second-order valence-electron chi connectivity index (χ2n) is 4.57. The summed E-state index contributed by atoms with van der Waals surface area (Å²) in [5.74, 6) is 1.13. The number of hydrogen-bond acceptors (Lipinski definition) is 4. The second kappa shape index (κ2) is 8.25. The molecule has 0 aliphatic carbocycles. The number of hydrogen-bond donors (Lipinski definition) is 1. The number of nitrogens with one attached hydrogen (secondary N) is 1. The van der Waals surface area contributed by atoms with E-state index in [1.54, 1.807) is 49.6 Å². The van der Waals surface area contributed by atoms with Gasteiger partial charge >= 0.3 is 0 Å². The van der Waals surface area contributed by atoms with Gasteiger partial charge in [0.15, 0.2) is 6.61 Å². The number of amides is 1. The number of benzene rings is 2. The first kappa shape index (κ1) is 16.1. The summed E-state index contributed by atoms with van der Waals surface area (Å²) < 4.78 is 10.2. The van der Waals surface area contributed by atoms with Crippen LogP contribution in [0.4, 0.5) is 5.69 Å². The highest BCUT2D eigenvalue weighted by Gasteiger charge is 1.99. The molecule has 0 bridgehead atoms. The average Bonchev–Trinajstić information content (AvgIpc) is 2.59. The Hall–Kier alpha value is -3.26. The van der Waals surface area contributed by atoms with Crippen LogP contribution >= 0.6 is 0 Å². The van der Waals surface area contributed by atoms with Gasteiger partial charge in [0.25, 0.3) is 0 Å². The summed E-state index contributed by atoms with van der Waals surface area (Å²) in [6.07, 6.45) is 3.16. The first-order valence-electron chi connectivity index (χ1n) is 6.94. The van der Waals surface area contributed by atoms with E-state index >= 15 is 0 Å². The number of nitrogens with zero attached hydrogens (tertiary/aromatic N) is 1. The SMILES string of the molecule is COc1ccc(NC(=O)/C=C/c2ccc(OCC#N)cc2)cc1. The molecule has 0 fully saturated rings. The van der Waals surface area contributed by atoms with Crippen molar-refractivity contribution in [3.05, 3.63) is 60.2 Å². The van der Waals surface area contributed by atoms with Crippen molar-refractivity contribution in [3.8, 4) is 17.6 Å². The van der Waals surface area contributed by atoms with E-state index in [-0.39, 0.29) is 12.5 Å². The Labute approximate surface area is 134 Å². The number of rotatable bonds is 6. The molecule has 0 aromatic heterocycles. The summed E-state index contributed by atoms with van der Waals surface area (Å²) in [5, 5.41) is 11.2. The summed E-state index contributed by atoms with van der Waals surface area (Å²) in [6, 6.07) is 16.1. The minimum atomic E-state index is -0.222. The van der Waals surface area contributed by atoms with Crippen LogP contribution in [0.5, 0.6) is 11.5 Å². The lowest BCUT2D eigenvalue weighted by molar-refractivity contribution is -0.111. The van der Waals surface area contributed by atoms with E-state index in [1.165, 1.54) is 6.08 Å². The van der Waals surface area contributed by atoms with Gasteiger partial charge in [-0.05, 0) is 48.0 Å². The molecule has 0 aliphatic rings. The second-order valence-corrected chi connectivity index (χ2v) is 4.57. The molecule has 5 nitrogen and oxygen atoms in total. The van der Waals surface area contributed by atoms with Crippen molar-refractivity contribution in [2.24, 2.45) is 0 Å². The van der Waals surface area contributed by atoms with Crippen molar-refractivity contribution in [1.29, 1.82) is 5.26 Å². The number of ether oxygens (including phenoxy) is 2. The standard InChI is InChI=1S/C18H16N2O3/c1-22-16-9-5-15(6-10-16)20-18(21)11-4-14-2-7-17(8-3-14)23-13-12-19/h2-11H,13H2,1H3,(H,20,21)/b11-4+. The van der Waals surface area contributed by atoms with Gasteiger partial charge in [0, 0.05) is 11.8 Å². The van der Waals surface area contributed by atoms with E-state index in [2.05, 4.69) is 5.32 Å². The summed E-state index contributed by atoms with van der Waals surface area (Å²) >= 11 is 0. The number of carbonyl (C=O) groups is 1. The minimum absolute atomic E-state index is 0.0133. The van der Waals surface area contributed by atoms with Crippen LogP contribution in [0.3, 0.4) is 0 Å². The van der Waals surface area contributed by atoms with Crippen molar-refractivity contribution in [2.45, 2.75) is 0 Å². The Morgan fingerprint density at radius 3 is 2.39 bits per heavy atom. The molecule has 0 atom stereocenters. The third-order valence-corrected chi connectivity index (χ3v) is 2.97. The van der Waals surface area contributed by atoms with E-state index in [0.29, 0.717) is 11.4 Å². The molecule has 0 unspecified atom stereocenters. The Kier molecular flexibility index (Phi) is 5.78. The zero-order valence-electron chi connectivity index (χ0n) is 12.7. The third-order valence-electron chi connectivity index (χ3n) is 2.97. The molecule has 1 amide bonds. The molecule has 2 aromatic carbocycles. The van der Waals surface area contributed by atoms with Crippen LogP contribution < -0.4 is 14.8 Å². The predicted octanol–water partition coefficient (Wildman–Crippen LogP) is 3.25. The molecule has 23 heavy (non-hydrogen) atoms. The minimum Gasteiger partial charge on any atom is -0.497 e. The smallest absolute Gasteiger partial charge is 0.248 e. The number of nitriles is 1. The largest absolute Gasteiger partial charge is 0.497 e. The van der Waals surface area contributed by atoms with Gasteiger partial charge in [0.1, 0.15) is 17.6 Å². The molecule has 5 heteroatoms. The van der Waals surface area contributed by atoms with Crippen LogP contribution in [0.1, 0.15) is 5.56 Å². The molecule has 0 aliphatic heterocycles. The molecule has 2 rings (SSSR count). The molecular formula is C18H16N2O3. The van der Waals surface area contributed by atoms with Crippen LogP contribution in [-0.4, -0.2) is 19.6 Å². The molecule has 116 valence electrons. The van der Waals surface area contributed by atoms with E-state index in [4.69, 9.17) is 14.7 Å². The Morgan fingerprint density at radius 1 is 1.13 bits per heavy atom. The number of anilines is 1. The van der Waals surface area contributed by atoms with Crippen LogP contribution in [0.25, 0.3) is 6.08 Å². The summed E-state index contributed by atoms with van der Waals surface area (Å²) in [5.41, 5.74) is 1.56. The van der Waals surface area contributed by atoms with Crippen LogP contribution in [0.15, 0.2) is 54.6 Å². The molecule has 0 spiro atoms. The van der Waals surface area contributed by atoms with Crippen molar-refractivity contribution >= 4 is 17.7 Å². The zero-order chi connectivity index (χ0) is 16.5. The van der Waals surface area contributed by atoms with Gasteiger partial charge in [0.2, 0.25) is 5.91 Å². The highest BCUT2D eigenvalue weighted by atomic mass is 16.5. The van der Waals surface area contributed by atoms with E-state index in [9.17, 15) is 4.79 Å². The lowest BCUT2D eigenvalue weighted by Crippen LogP contribution is -2.07. The van der Waals surface area contributed by atoms with Crippen LogP contribution in [0.2, 0.25) is 0 Å². The number of methoxy groups -OCH3 is 1. The fourth-order valence-electron chi connectivity index (χ4n) is 1.82. The van der Waals surface area contributed by atoms with Gasteiger partial charge in [0.05, 0.1) is 7.11 Å². The molecule has 0 radical (unpaired) electrons. The molecular weight excluding hydrogens is 292 g/mol. The normalized spacial score (nSPS) is 10.1. The Morgan fingerprint density at radius 2 is 1.78 bits per heavy atom. The molecule has 0 heterocycles. The molecule has 0 saturated carbocycles. The zero-order valence-corrected chi connectivity index (χ0v) is 12.7. The summed E-state index contributed by atoms with van der Waals surface area (Å²) in [7, 11) is 1.59. The molecule has 0 saturated heterocycles. The Bertz CT molecular complexity index is 713. The van der Waals surface area contributed by atoms with Gasteiger partial charge < -0.3 is 14.8 Å². The average molecular weight is 308 g/mol. The van der Waals surface area contributed by atoms with Gasteiger partial charge in [-0.2, -0.15) is 5.26 Å². The van der Waals surface area contributed by atoms with E-state index in [0.717, 1.165) is 11.3 Å². The molecule has 2 aromatic rings. The first-order valence-corrected chi connectivity index (χ1v) is 6.94. The monoisotopic (exact) mass is 308 g/mol. The van der Waals surface area contributed by atoms with Crippen LogP contribution in [-0.2, 0) is 4.79 Å². The number of carbonyl (C=O) groups excluding carboxylic acids is 1. The van der Waals surface area contributed by atoms with Crippen molar-refractivity contribution in [2.75, 3.05) is 19.0 Å². The first-order chi connectivity index (χ1) is 11.2. The fourth-order valence-corrected chi connectivity index (χ4v) is 1.82. The lowest BCUT2D eigenvalue weighted by Gasteiger charge is -2.04. The maximum absolute atomic E-state index is 11.9. The van der Waals surface area contributed by atoms with Gasteiger partial charge in [-0.15, -0.1) is 0 Å². The van der Waals surface area contributed by atoms with Gasteiger partial charge in [-0.1, -0.05) is 12.1 Å². The molecule has 1 N–H and O–H groups in total. The van der Waals surface area contributed by atoms with Crippen molar-refractivity contribution in [3.63, 3.8) is 0 Å². The topological polar surface area (TPSA) is 71.3 Å².